The molecule has 0 bridgehead atoms. The Morgan fingerprint density at radius 1 is 1.61 bits per heavy atom. The highest BCUT2D eigenvalue weighted by Crippen LogP contribution is 2.13. The van der Waals surface area contributed by atoms with E-state index in [0.717, 1.165) is 19.1 Å². The summed E-state index contributed by atoms with van der Waals surface area (Å²) in [6.07, 6.45) is 3.97. The van der Waals surface area contributed by atoms with E-state index in [1.54, 1.807) is 4.90 Å². The highest BCUT2D eigenvalue weighted by Gasteiger charge is 2.27. The number of rotatable bonds is 3. The van der Waals surface area contributed by atoms with Gasteiger partial charge in [-0.2, -0.15) is 15.4 Å². The maximum atomic E-state index is 12.0. The van der Waals surface area contributed by atoms with Crippen molar-refractivity contribution in [3.8, 4) is 0 Å². The van der Waals surface area contributed by atoms with Crippen LogP contribution in [0.5, 0.6) is 0 Å². The number of nitrogens with zero attached hydrogens (tertiary/aromatic N) is 3. The van der Waals surface area contributed by atoms with Crippen LogP contribution in [-0.4, -0.2) is 60.0 Å². The minimum absolute atomic E-state index is 0.232. The summed E-state index contributed by atoms with van der Waals surface area (Å²) in [7, 11) is -3.25. The average Bonchev–Trinajstić information content (AvgIpc) is 2.79. The van der Waals surface area contributed by atoms with Crippen molar-refractivity contribution in [1.29, 1.82) is 0 Å². The van der Waals surface area contributed by atoms with Crippen molar-refractivity contribution in [2.75, 3.05) is 19.3 Å². The van der Waals surface area contributed by atoms with Gasteiger partial charge in [0.25, 0.3) is 5.91 Å². The second kappa shape index (κ2) is 5.02. The Balaban J connectivity index is 2.01. The highest BCUT2D eigenvalue weighted by atomic mass is 32.2. The van der Waals surface area contributed by atoms with E-state index in [-0.39, 0.29) is 17.6 Å². The van der Waals surface area contributed by atoms with Crippen LogP contribution in [0.2, 0.25) is 0 Å². The number of amides is 1. The number of carbonyl (C=O) groups excluding carboxylic acids is 1. The molecule has 100 valence electrons. The molecule has 2 rings (SSSR count). The zero-order valence-corrected chi connectivity index (χ0v) is 10.8. The van der Waals surface area contributed by atoms with Crippen molar-refractivity contribution in [2.45, 2.75) is 18.9 Å². The molecule has 2 heterocycles. The fourth-order valence-corrected chi connectivity index (χ4v) is 2.83. The van der Waals surface area contributed by atoms with Gasteiger partial charge in [0.1, 0.15) is 0 Å². The maximum Gasteiger partial charge on any atom is 0.276 e. The Bertz CT molecular complexity index is 512. The highest BCUT2D eigenvalue weighted by molar-refractivity contribution is 7.88. The van der Waals surface area contributed by atoms with Gasteiger partial charge in [-0.3, -0.25) is 4.79 Å². The summed E-state index contributed by atoms with van der Waals surface area (Å²) in [4.78, 5) is 13.6. The molecule has 1 amide bonds. The molecule has 1 aromatic rings. The standard InChI is InChI=1S/C9H15N5O3S/c1-18(16,17)12-7-3-2-4-14(6-7)9(15)8-5-10-13-11-8/h5,7,12H,2-4,6H2,1H3,(H,10,11,13). The van der Waals surface area contributed by atoms with Gasteiger partial charge in [-0.15, -0.1) is 0 Å². The van der Waals surface area contributed by atoms with Crippen molar-refractivity contribution in [1.82, 2.24) is 25.0 Å². The number of nitrogens with one attached hydrogen (secondary N) is 2. The molecule has 0 saturated carbocycles. The molecule has 0 spiro atoms. The van der Waals surface area contributed by atoms with Crippen LogP contribution in [0.15, 0.2) is 6.20 Å². The molecular formula is C9H15N5O3S. The first-order valence-electron chi connectivity index (χ1n) is 5.58. The van der Waals surface area contributed by atoms with Crippen molar-refractivity contribution in [3.63, 3.8) is 0 Å². The summed E-state index contributed by atoms with van der Waals surface area (Å²) in [6.45, 7) is 0.965. The van der Waals surface area contributed by atoms with Crippen molar-refractivity contribution >= 4 is 15.9 Å². The quantitative estimate of drug-likeness (QED) is 0.731. The topological polar surface area (TPSA) is 108 Å². The molecule has 1 aliphatic rings. The fraction of sp³-hybridized carbons (Fsp3) is 0.667. The van der Waals surface area contributed by atoms with E-state index in [1.807, 2.05) is 0 Å². The first-order valence-corrected chi connectivity index (χ1v) is 7.47. The summed E-state index contributed by atoms with van der Waals surface area (Å²) in [5, 5.41) is 9.69. The number of hydrogen-bond acceptors (Lipinski definition) is 5. The number of hydrogen-bond donors (Lipinski definition) is 2. The van der Waals surface area contributed by atoms with Gasteiger partial charge in [0, 0.05) is 19.1 Å². The number of aromatic nitrogens is 3. The minimum Gasteiger partial charge on any atom is -0.336 e. The van der Waals surface area contributed by atoms with Crippen LogP contribution < -0.4 is 4.72 Å². The van der Waals surface area contributed by atoms with E-state index >= 15 is 0 Å². The Labute approximate surface area is 105 Å². The lowest BCUT2D eigenvalue weighted by Gasteiger charge is -2.32. The molecule has 1 aromatic heterocycles. The predicted octanol–water partition coefficient (Wildman–Crippen LogP) is -1.04. The van der Waals surface area contributed by atoms with E-state index in [2.05, 4.69) is 20.1 Å². The number of likely N-dealkylation sites (tertiary alicyclic amines) is 1. The SMILES string of the molecule is CS(=O)(=O)NC1CCCN(C(=O)c2cn[nH]n2)C1. The molecule has 0 radical (unpaired) electrons. The number of piperidine rings is 1. The minimum atomic E-state index is -3.25. The second-order valence-corrected chi connectivity index (χ2v) is 6.12. The van der Waals surface area contributed by atoms with Crippen LogP contribution in [-0.2, 0) is 10.0 Å². The van der Waals surface area contributed by atoms with E-state index < -0.39 is 10.0 Å². The first kappa shape index (κ1) is 13.0. The predicted molar refractivity (Wildman–Crippen MR) is 63.3 cm³/mol. The Hall–Kier alpha value is -1.48. The van der Waals surface area contributed by atoms with Gasteiger partial charge in [0.15, 0.2) is 5.69 Å². The van der Waals surface area contributed by atoms with Gasteiger partial charge >= 0.3 is 0 Å². The lowest BCUT2D eigenvalue weighted by atomic mass is 10.1. The Morgan fingerprint density at radius 2 is 2.39 bits per heavy atom. The lowest BCUT2D eigenvalue weighted by Crippen LogP contribution is -2.49. The summed E-state index contributed by atoms with van der Waals surface area (Å²) in [6, 6.07) is -0.232. The number of H-pyrrole nitrogens is 1. The lowest BCUT2D eigenvalue weighted by molar-refractivity contribution is 0.0697. The molecule has 1 fully saturated rings. The number of aromatic amines is 1. The Morgan fingerprint density at radius 3 is 3.00 bits per heavy atom. The van der Waals surface area contributed by atoms with Crippen molar-refractivity contribution < 1.29 is 13.2 Å². The van der Waals surface area contributed by atoms with Crippen LogP contribution in [0.3, 0.4) is 0 Å². The molecule has 0 aliphatic carbocycles. The second-order valence-electron chi connectivity index (χ2n) is 4.34. The van der Waals surface area contributed by atoms with Crippen LogP contribution in [0.4, 0.5) is 0 Å². The molecule has 1 saturated heterocycles. The zero-order valence-electron chi connectivity index (χ0n) is 9.96. The molecule has 1 aliphatic heterocycles. The summed E-state index contributed by atoms with van der Waals surface area (Å²) >= 11 is 0. The van der Waals surface area contributed by atoms with Gasteiger partial charge in [-0.05, 0) is 12.8 Å². The normalized spacial score (nSPS) is 20.9. The average molecular weight is 273 g/mol. The van der Waals surface area contributed by atoms with E-state index in [0.29, 0.717) is 13.1 Å². The third-order valence-corrected chi connectivity index (χ3v) is 3.48. The van der Waals surface area contributed by atoms with Gasteiger partial charge in [0.05, 0.1) is 12.5 Å². The molecule has 18 heavy (non-hydrogen) atoms. The molecule has 9 heteroatoms. The molecule has 2 N–H and O–H groups in total. The largest absolute Gasteiger partial charge is 0.336 e. The molecule has 8 nitrogen and oxygen atoms in total. The van der Waals surface area contributed by atoms with Gasteiger partial charge < -0.3 is 4.90 Å². The Kier molecular flexibility index (Phi) is 3.62. The third kappa shape index (κ3) is 3.26. The molecule has 1 atom stereocenters. The van der Waals surface area contributed by atoms with Gasteiger partial charge in [0.2, 0.25) is 10.0 Å². The smallest absolute Gasteiger partial charge is 0.276 e. The van der Waals surface area contributed by atoms with Crippen LogP contribution in [0.25, 0.3) is 0 Å². The van der Waals surface area contributed by atoms with Crippen LogP contribution >= 0.6 is 0 Å². The molecule has 0 aromatic carbocycles. The van der Waals surface area contributed by atoms with Crippen LogP contribution in [0.1, 0.15) is 23.3 Å². The fourth-order valence-electron chi connectivity index (χ4n) is 2.03. The van der Waals surface area contributed by atoms with E-state index in [4.69, 9.17) is 0 Å². The first-order chi connectivity index (χ1) is 8.46. The molecule has 1 unspecified atom stereocenters. The van der Waals surface area contributed by atoms with Crippen molar-refractivity contribution in [3.05, 3.63) is 11.9 Å². The maximum absolute atomic E-state index is 12.0. The summed E-state index contributed by atoms with van der Waals surface area (Å²) in [5.74, 6) is -0.233. The zero-order chi connectivity index (χ0) is 13.2. The summed E-state index contributed by atoms with van der Waals surface area (Å²) in [5.41, 5.74) is 0.245. The number of carbonyl (C=O) groups is 1. The van der Waals surface area contributed by atoms with E-state index in [9.17, 15) is 13.2 Å². The van der Waals surface area contributed by atoms with E-state index in [1.165, 1.54) is 6.20 Å². The summed E-state index contributed by atoms with van der Waals surface area (Å²) < 4.78 is 24.8. The number of sulfonamides is 1. The van der Waals surface area contributed by atoms with Gasteiger partial charge in [-0.25, -0.2) is 13.1 Å². The monoisotopic (exact) mass is 273 g/mol. The molecular weight excluding hydrogens is 258 g/mol. The third-order valence-electron chi connectivity index (χ3n) is 2.72. The van der Waals surface area contributed by atoms with Crippen molar-refractivity contribution in [2.24, 2.45) is 0 Å². The van der Waals surface area contributed by atoms with Crippen LogP contribution in [0, 0.1) is 0 Å². The van der Waals surface area contributed by atoms with Gasteiger partial charge in [-0.1, -0.05) is 0 Å².